The Labute approximate surface area is 181 Å². The number of hydrogen-bond donors (Lipinski definition) is 2. The van der Waals surface area contributed by atoms with Gasteiger partial charge in [-0.3, -0.25) is 9.79 Å². The molecule has 0 bridgehead atoms. The maximum atomic E-state index is 12.3. The monoisotopic (exact) mass is 414 g/mol. The zero-order chi connectivity index (χ0) is 21.0. The molecule has 1 amide bonds. The molecule has 30 heavy (non-hydrogen) atoms. The summed E-state index contributed by atoms with van der Waals surface area (Å²) in [6, 6.07) is 10.4. The molecule has 6 heteroatoms. The fourth-order valence-corrected chi connectivity index (χ4v) is 4.34. The molecule has 1 heterocycles. The van der Waals surface area contributed by atoms with Crippen LogP contribution in [0.15, 0.2) is 35.3 Å². The highest BCUT2D eigenvalue weighted by Gasteiger charge is 2.29. The van der Waals surface area contributed by atoms with Crippen molar-refractivity contribution in [3.05, 3.63) is 35.9 Å². The molecule has 2 fully saturated rings. The molecule has 1 aromatic carbocycles. The van der Waals surface area contributed by atoms with Crippen molar-refractivity contribution >= 4 is 11.9 Å². The number of nitrogens with zero attached hydrogens (tertiary/aromatic N) is 2. The molecule has 1 aromatic rings. The van der Waals surface area contributed by atoms with Gasteiger partial charge in [-0.2, -0.15) is 0 Å². The van der Waals surface area contributed by atoms with Gasteiger partial charge in [0.15, 0.2) is 5.96 Å². The zero-order valence-corrected chi connectivity index (χ0v) is 18.4. The number of benzene rings is 1. The molecule has 1 saturated heterocycles. The van der Waals surface area contributed by atoms with Crippen LogP contribution in [0.2, 0.25) is 0 Å². The summed E-state index contributed by atoms with van der Waals surface area (Å²) in [5, 5.41) is 6.75. The molecule has 0 spiro atoms. The maximum Gasteiger partial charge on any atom is 0.223 e. The van der Waals surface area contributed by atoms with E-state index < -0.39 is 0 Å². The lowest BCUT2D eigenvalue weighted by molar-refractivity contribution is -0.127. The normalized spacial score (nSPS) is 20.6. The summed E-state index contributed by atoms with van der Waals surface area (Å²) in [6.45, 7) is 4.05. The second-order valence-electron chi connectivity index (χ2n) is 8.51. The molecule has 0 radical (unpaired) electrons. The van der Waals surface area contributed by atoms with E-state index in [0.29, 0.717) is 18.4 Å². The van der Waals surface area contributed by atoms with Gasteiger partial charge in [-0.15, -0.1) is 0 Å². The van der Waals surface area contributed by atoms with Gasteiger partial charge in [-0.25, -0.2) is 0 Å². The SMILES string of the molecule is CN=C(NCCCOC1CCCCC1)NCC1CC(=O)N(CCc2ccccc2)C1. The molecule has 1 saturated carbocycles. The predicted molar refractivity (Wildman–Crippen MR) is 122 cm³/mol. The first-order valence-electron chi connectivity index (χ1n) is 11.6. The van der Waals surface area contributed by atoms with E-state index in [1.54, 1.807) is 7.05 Å². The Morgan fingerprint density at radius 1 is 1.17 bits per heavy atom. The van der Waals surface area contributed by atoms with Crippen molar-refractivity contribution in [1.82, 2.24) is 15.5 Å². The van der Waals surface area contributed by atoms with E-state index in [1.165, 1.54) is 37.7 Å². The van der Waals surface area contributed by atoms with E-state index in [9.17, 15) is 4.79 Å². The molecule has 1 atom stereocenters. The molecule has 166 valence electrons. The number of carbonyl (C=O) groups is 1. The van der Waals surface area contributed by atoms with Crippen molar-refractivity contribution in [1.29, 1.82) is 0 Å². The molecule has 1 aliphatic heterocycles. The smallest absolute Gasteiger partial charge is 0.223 e. The van der Waals surface area contributed by atoms with E-state index >= 15 is 0 Å². The minimum atomic E-state index is 0.264. The molecule has 0 aromatic heterocycles. The summed E-state index contributed by atoms with van der Waals surface area (Å²) >= 11 is 0. The largest absolute Gasteiger partial charge is 0.378 e. The number of carbonyl (C=O) groups excluding carboxylic acids is 1. The van der Waals surface area contributed by atoms with Crippen LogP contribution in [0, 0.1) is 5.92 Å². The van der Waals surface area contributed by atoms with Crippen LogP contribution in [0.1, 0.15) is 50.5 Å². The standard InChI is InChI=1S/C24H38N4O2/c1-25-24(26-14-8-16-30-22-11-6-3-7-12-22)27-18-21-17-23(29)28(19-21)15-13-20-9-4-2-5-10-20/h2,4-5,9-10,21-22H,3,6-8,11-19H2,1H3,(H2,25,26,27). The van der Waals surface area contributed by atoms with Gasteiger partial charge in [-0.1, -0.05) is 49.6 Å². The van der Waals surface area contributed by atoms with E-state index in [0.717, 1.165) is 51.6 Å². The van der Waals surface area contributed by atoms with Crippen LogP contribution in [0.5, 0.6) is 0 Å². The lowest BCUT2D eigenvalue weighted by atomic mass is 9.98. The second kappa shape index (κ2) is 12.6. The van der Waals surface area contributed by atoms with E-state index in [-0.39, 0.29) is 5.91 Å². The number of ether oxygens (including phenoxy) is 1. The van der Waals surface area contributed by atoms with Gasteiger partial charge in [0.25, 0.3) is 0 Å². The molecule has 2 N–H and O–H groups in total. The third-order valence-corrected chi connectivity index (χ3v) is 6.11. The minimum Gasteiger partial charge on any atom is -0.378 e. The lowest BCUT2D eigenvalue weighted by Crippen LogP contribution is -2.41. The Kier molecular flexibility index (Phi) is 9.48. The number of aliphatic imine (C=N–C) groups is 1. The van der Waals surface area contributed by atoms with Crippen molar-refractivity contribution in [2.75, 3.05) is 39.8 Å². The van der Waals surface area contributed by atoms with Crippen molar-refractivity contribution < 1.29 is 9.53 Å². The van der Waals surface area contributed by atoms with Gasteiger partial charge in [0, 0.05) is 52.2 Å². The van der Waals surface area contributed by atoms with Crippen LogP contribution < -0.4 is 10.6 Å². The first kappa shape index (κ1) is 22.6. The zero-order valence-electron chi connectivity index (χ0n) is 18.4. The van der Waals surface area contributed by atoms with E-state index in [2.05, 4.69) is 39.9 Å². The third kappa shape index (κ3) is 7.63. The predicted octanol–water partition coefficient (Wildman–Crippen LogP) is 2.98. The quantitative estimate of drug-likeness (QED) is 0.351. The van der Waals surface area contributed by atoms with E-state index in [4.69, 9.17) is 4.74 Å². The number of likely N-dealkylation sites (tertiary alicyclic amines) is 1. The van der Waals surface area contributed by atoms with Crippen LogP contribution in [0.25, 0.3) is 0 Å². The Morgan fingerprint density at radius 2 is 1.97 bits per heavy atom. The van der Waals surface area contributed by atoms with E-state index in [1.807, 2.05) is 11.0 Å². The summed E-state index contributed by atoms with van der Waals surface area (Å²) in [4.78, 5) is 18.6. The average molecular weight is 415 g/mol. The fraction of sp³-hybridized carbons (Fsp3) is 0.667. The summed E-state index contributed by atoms with van der Waals surface area (Å²) in [5.74, 6) is 1.41. The molecule has 2 aliphatic rings. The summed E-state index contributed by atoms with van der Waals surface area (Å²) in [5.41, 5.74) is 1.28. The lowest BCUT2D eigenvalue weighted by Gasteiger charge is -2.22. The number of rotatable bonds is 10. The summed E-state index contributed by atoms with van der Waals surface area (Å²) in [7, 11) is 1.79. The van der Waals surface area contributed by atoms with Gasteiger partial charge in [0.1, 0.15) is 0 Å². The van der Waals surface area contributed by atoms with Crippen LogP contribution >= 0.6 is 0 Å². The van der Waals surface area contributed by atoms with Gasteiger partial charge >= 0.3 is 0 Å². The Morgan fingerprint density at radius 3 is 2.73 bits per heavy atom. The fourth-order valence-electron chi connectivity index (χ4n) is 4.34. The highest BCUT2D eigenvalue weighted by Crippen LogP contribution is 2.20. The highest BCUT2D eigenvalue weighted by atomic mass is 16.5. The maximum absolute atomic E-state index is 12.3. The summed E-state index contributed by atoms with van der Waals surface area (Å²) in [6.07, 6.45) is 9.42. The average Bonchev–Trinajstić information content (AvgIpc) is 3.15. The topological polar surface area (TPSA) is 66.0 Å². The Hall–Kier alpha value is -2.08. The number of hydrogen-bond acceptors (Lipinski definition) is 3. The first-order chi connectivity index (χ1) is 14.7. The highest BCUT2D eigenvalue weighted by molar-refractivity contribution is 5.80. The minimum absolute atomic E-state index is 0.264. The number of amides is 1. The van der Waals surface area contributed by atoms with Crippen molar-refractivity contribution in [2.45, 2.75) is 57.5 Å². The van der Waals surface area contributed by atoms with Crippen LogP contribution in [-0.2, 0) is 16.0 Å². The van der Waals surface area contributed by atoms with Gasteiger partial charge in [0.2, 0.25) is 5.91 Å². The van der Waals surface area contributed by atoms with Gasteiger partial charge in [-0.05, 0) is 31.2 Å². The first-order valence-corrected chi connectivity index (χ1v) is 11.6. The van der Waals surface area contributed by atoms with Gasteiger partial charge < -0.3 is 20.3 Å². The molecule has 3 rings (SSSR count). The molecular weight excluding hydrogens is 376 g/mol. The summed E-state index contributed by atoms with van der Waals surface area (Å²) < 4.78 is 5.97. The van der Waals surface area contributed by atoms with Crippen LogP contribution in [0.3, 0.4) is 0 Å². The number of nitrogens with one attached hydrogen (secondary N) is 2. The van der Waals surface area contributed by atoms with Crippen molar-refractivity contribution in [2.24, 2.45) is 10.9 Å². The molecule has 6 nitrogen and oxygen atoms in total. The third-order valence-electron chi connectivity index (χ3n) is 6.11. The molecule has 1 aliphatic carbocycles. The second-order valence-corrected chi connectivity index (χ2v) is 8.51. The van der Waals surface area contributed by atoms with Crippen LogP contribution in [0.4, 0.5) is 0 Å². The molecular formula is C24H38N4O2. The van der Waals surface area contributed by atoms with Crippen molar-refractivity contribution in [3.63, 3.8) is 0 Å². The number of guanidine groups is 1. The Balaban J connectivity index is 1.27. The van der Waals surface area contributed by atoms with Gasteiger partial charge in [0.05, 0.1) is 6.10 Å². The van der Waals surface area contributed by atoms with Crippen molar-refractivity contribution in [3.8, 4) is 0 Å². The molecule has 1 unspecified atom stereocenters. The van der Waals surface area contributed by atoms with Crippen LogP contribution in [-0.4, -0.2) is 62.7 Å². The Bertz CT molecular complexity index is 658.